The lowest BCUT2D eigenvalue weighted by atomic mass is 9.96. The van der Waals surface area contributed by atoms with E-state index in [1.165, 1.54) is 166 Å². The second kappa shape index (κ2) is 24.5. The van der Waals surface area contributed by atoms with E-state index in [1.54, 1.807) is 0 Å². The highest BCUT2D eigenvalue weighted by molar-refractivity contribution is 4.89. The normalized spacial score (nSPS) is 13.3. The maximum Gasteiger partial charge on any atom is 0.257 e. The Morgan fingerprint density at radius 1 is 0.556 bits per heavy atom. The number of aromatic nitrogens is 2. The summed E-state index contributed by atoms with van der Waals surface area (Å²) in [4.78, 5) is 3.62. The van der Waals surface area contributed by atoms with Crippen LogP contribution in [-0.2, 0) is 0 Å². The van der Waals surface area contributed by atoms with Crippen LogP contribution in [0.4, 0.5) is 0 Å². The van der Waals surface area contributed by atoms with Gasteiger partial charge < -0.3 is 0 Å². The standard InChI is InChI=1S/C34H66N2/c1-5-8-10-12-14-15-16-17-18-19-20-21-23-24-26-28-32(4)36-31-30-35-34(36)33(7-3)29-27-25-22-13-11-9-6-2/h30-33H,5-29H2,1-4H3/p+1. The molecular formula is C34H67N2+. The molecule has 2 atom stereocenters. The lowest BCUT2D eigenvalue weighted by Gasteiger charge is -2.16. The van der Waals surface area contributed by atoms with Crippen LogP contribution in [0, 0.1) is 0 Å². The first kappa shape index (κ1) is 33.2. The van der Waals surface area contributed by atoms with Crippen LogP contribution in [0.5, 0.6) is 0 Å². The van der Waals surface area contributed by atoms with E-state index < -0.39 is 0 Å². The Balaban J connectivity index is 2.08. The predicted molar refractivity (Wildman–Crippen MR) is 161 cm³/mol. The Bertz CT molecular complexity index is 563. The van der Waals surface area contributed by atoms with E-state index in [0.29, 0.717) is 12.0 Å². The van der Waals surface area contributed by atoms with E-state index in [2.05, 4.69) is 49.6 Å². The van der Waals surface area contributed by atoms with Gasteiger partial charge in [0.15, 0.2) is 0 Å². The van der Waals surface area contributed by atoms with Crippen molar-refractivity contribution >= 4 is 0 Å². The molecule has 0 saturated heterocycles. The van der Waals surface area contributed by atoms with Gasteiger partial charge in [-0.3, -0.25) is 0 Å². The largest absolute Gasteiger partial charge is 0.257 e. The maximum absolute atomic E-state index is 3.62. The van der Waals surface area contributed by atoms with E-state index in [9.17, 15) is 0 Å². The third kappa shape index (κ3) is 16.9. The zero-order valence-corrected chi connectivity index (χ0v) is 25.4. The average molecular weight is 504 g/mol. The van der Waals surface area contributed by atoms with Gasteiger partial charge in [0.25, 0.3) is 5.82 Å². The van der Waals surface area contributed by atoms with Gasteiger partial charge in [-0.05, 0) is 32.6 Å². The molecule has 2 nitrogen and oxygen atoms in total. The number of aromatic amines is 1. The van der Waals surface area contributed by atoms with Crippen molar-refractivity contribution in [3.8, 4) is 0 Å². The summed E-state index contributed by atoms with van der Waals surface area (Å²) >= 11 is 0. The Morgan fingerprint density at radius 3 is 1.36 bits per heavy atom. The first-order valence-electron chi connectivity index (χ1n) is 16.8. The molecule has 0 spiro atoms. The molecule has 0 aliphatic heterocycles. The quantitative estimate of drug-likeness (QED) is 0.0909. The van der Waals surface area contributed by atoms with Gasteiger partial charge in [-0.25, -0.2) is 9.55 Å². The van der Waals surface area contributed by atoms with Crippen molar-refractivity contribution in [2.24, 2.45) is 0 Å². The van der Waals surface area contributed by atoms with Crippen LogP contribution < -0.4 is 4.57 Å². The van der Waals surface area contributed by atoms with Crippen LogP contribution in [0.3, 0.4) is 0 Å². The molecule has 0 fully saturated rings. The van der Waals surface area contributed by atoms with Gasteiger partial charge in [-0.15, -0.1) is 0 Å². The third-order valence-electron chi connectivity index (χ3n) is 8.48. The Labute approximate surface area is 227 Å². The monoisotopic (exact) mass is 504 g/mol. The minimum atomic E-state index is 0.622. The van der Waals surface area contributed by atoms with Crippen LogP contribution in [0.15, 0.2) is 12.4 Å². The van der Waals surface area contributed by atoms with Gasteiger partial charge in [0.1, 0.15) is 12.4 Å². The number of rotatable bonds is 27. The number of unbranched alkanes of at least 4 members (excludes halogenated alkanes) is 20. The number of nitrogens with zero attached hydrogens (tertiary/aromatic N) is 1. The summed E-state index contributed by atoms with van der Waals surface area (Å²) < 4.78 is 2.57. The third-order valence-corrected chi connectivity index (χ3v) is 8.48. The number of imidazole rings is 1. The van der Waals surface area contributed by atoms with Gasteiger partial charge >= 0.3 is 0 Å². The molecule has 2 unspecified atom stereocenters. The molecule has 1 heterocycles. The predicted octanol–water partition coefficient (Wildman–Crippen LogP) is 11.8. The topological polar surface area (TPSA) is 19.7 Å². The summed E-state index contributed by atoms with van der Waals surface area (Å²) in [5.74, 6) is 2.18. The summed E-state index contributed by atoms with van der Waals surface area (Å²) in [6, 6.07) is 0.622. The Morgan fingerprint density at radius 2 is 0.944 bits per heavy atom. The van der Waals surface area contributed by atoms with Crippen molar-refractivity contribution in [1.29, 1.82) is 0 Å². The molecule has 0 aliphatic rings. The van der Waals surface area contributed by atoms with Crippen molar-refractivity contribution in [3.05, 3.63) is 18.2 Å². The SMILES string of the molecule is CCCCCCCCCCCCCCCCCC(C)[n+]1cc[nH]c1C(CC)CCCCCCCCC. The molecule has 1 rings (SSSR count). The molecule has 212 valence electrons. The van der Waals surface area contributed by atoms with Gasteiger partial charge in [0, 0.05) is 0 Å². The fraction of sp³-hybridized carbons (Fsp3) is 0.912. The van der Waals surface area contributed by atoms with Crippen LogP contribution in [0.2, 0.25) is 0 Å². The molecule has 2 heteroatoms. The second-order valence-electron chi connectivity index (χ2n) is 11.9. The van der Waals surface area contributed by atoms with Crippen molar-refractivity contribution < 1.29 is 4.57 Å². The van der Waals surface area contributed by atoms with Crippen molar-refractivity contribution in [2.75, 3.05) is 0 Å². The van der Waals surface area contributed by atoms with Gasteiger partial charge in [0.05, 0.1) is 12.0 Å². The van der Waals surface area contributed by atoms with E-state index in [-0.39, 0.29) is 0 Å². The molecular weight excluding hydrogens is 436 g/mol. The highest BCUT2D eigenvalue weighted by Crippen LogP contribution is 2.24. The minimum Gasteiger partial charge on any atom is -0.247 e. The molecule has 0 radical (unpaired) electrons. The first-order chi connectivity index (χ1) is 17.7. The lowest BCUT2D eigenvalue weighted by molar-refractivity contribution is -0.727. The number of hydrogen-bond donors (Lipinski definition) is 1. The number of H-pyrrole nitrogens is 1. The second-order valence-corrected chi connectivity index (χ2v) is 11.9. The Hall–Kier alpha value is -0.790. The number of hydrogen-bond acceptors (Lipinski definition) is 0. The minimum absolute atomic E-state index is 0.622. The van der Waals surface area contributed by atoms with Crippen LogP contribution in [0.1, 0.15) is 206 Å². The van der Waals surface area contributed by atoms with Crippen LogP contribution in [0.25, 0.3) is 0 Å². The molecule has 0 aromatic carbocycles. The van der Waals surface area contributed by atoms with E-state index in [0.717, 1.165) is 0 Å². The summed E-state index contributed by atoms with van der Waals surface area (Å²) in [6.45, 7) is 9.41. The molecule has 0 saturated carbocycles. The van der Waals surface area contributed by atoms with Gasteiger partial charge in [0.2, 0.25) is 0 Å². The molecule has 36 heavy (non-hydrogen) atoms. The summed E-state index contributed by atoms with van der Waals surface area (Å²) in [6.07, 6.45) is 39.9. The summed E-state index contributed by atoms with van der Waals surface area (Å²) in [7, 11) is 0. The molecule has 1 aromatic rings. The fourth-order valence-electron chi connectivity index (χ4n) is 5.90. The highest BCUT2D eigenvalue weighted by atomic mass is 15.1. The molecule has 1 N–H and O–H groups in total. The van der Waals surface area contributed by atoms with E-state index in [4.69, 9.17) is 0 Å². The van der Waals surface area contributed by atoms with Gasteiger partial charge in [-0.2, -0.15) is 0 Å². The first-order valence-corrected chi connectivity index (χ1v) is 16.8. The summed E-state index contributed by atoms with van der Waals surface area (Å²) in [5, 5.41) is 0. The van der Waals surface area contributed by atoms with Crippen molar-refractivity contribution in [1.82, 2.24) is 4.98 Å². The molecule has 0 aliphatic carbocycles. The average Bonchev–Trinajstić information content (AvgIpc) is 3.38. The van der Waals surface area contributed by atoms with Crippen molar-refractivity contribution in [2.45, 2.75) is 200 Å². The van der Waals surface area contributed by atoms with Crippen molar-refractivity contribution in [3.63, 3.8) is 0 Å². The highest BCUT2D eigenvalue weighted by Gasteiger charge is 2.24. The molecule has 0 amide bonds. The van der Waals surface area contributed by atoms with E-state index in [1.807, 2.05) is 0 Å². The lowest BCUT2D eigenvalue weighted by Crippen LogP contribution is -2.41. The zero-order chi connectivity index (χ0) is 26.1. The number of nitrogens with one attached hydrogen (secondary N) is 1. The smallest absolute Gasteiger partial charge is 0.247 e. The summed E-state index contributed by atoms with van der Waals surface area (Å²) in [5.41, 5.74) is 0. The van der Waals surface area contributed by atoms with Crippen LogP contribution in [-0.4, -0.2) is 4.98 Å². The van der Waals surface area contributed by atoms with E-state index >= 15 is 0 Å². The zero-order valence-electron chi connectivity index (χ0n) is 25.4. The van der Waals surface area contributed by atoms with Gasteiger partial charge in [-0.1, -0.05) is 156 Å². The maximum atomic E-state index is 3.62. The molecule has 1 aromatic heterocycles. The Kier molecular flexibility index (Phi) is 22.7. The fourth-order valence-corrected chi connectivity index (χ4v) is 5.90. The molecule has 0 bridgehead atoms. The van der Waals surface area contributed by atoms with Crippen LogP contribution >= 0.6 is 0 Å².